The minimum absolute atomic E-state index is 0.106. The maximum atomic E-state index is 12.8. The van der Waals surface area contributed by atoms with Gasteiger partial charge < -0.3 is 14.5 Å². The van der Waals surface area contributed by atoms with Crippen LogP contribution in [0, 0.1) is 5.92 Å². The molecule has 0 aromatic carbocycles. The third-order valence-electron chi connectivity index (χ3n) is 5.18. The predicted octanol–water partition coefficient (Wildman–Crippen LogP) is 1.59. The maximum absolute atomic E-state index is 12.8. The van der Waals surface area contributed by atoms with E-state index in [0.717, 1.165) is 32.5 Å². The van der Waals surface area contributed by atoms with Crippen LogP contribution in [0.3, 0.4) is 0 Å². The van der Waals surface area contributed by atoms with Crippen molar-refractivity contribution >= 4 is 12.0 Å². The number of hydrogen-bond donors (Lipinski definition) is 0. The molecule has 0 unspecified atom stereocenters. The van der Waals surface area contributed by atoms with Gasteiger partial charge in [0, 0.05) is 51.0 Å². The molecule has 2 aliphatic rings. The molecule has 142 valence electrons. The molecule has 7 heteroatoms. The Kier molecular flexibility index (Phi) is 6.44. The second-order valence-corrected chi connectivity index (χ2v) is 6.92. The molecule has 1 aromatic heterocycles. The fourth-order valence-corrected chi connectivity index (χ4v) is 3.67. The number of hydrogen-bond acceptors (Lipinski definition) is 5. The monoisotopic (exact) mass is 360 g/mol. The van der Waals surface area contributed by atoms with E-state index in [1.54, 1.807) is 18.0 Å². The fourth-order valence-electron chi connectivity index (χ4n) is 3.67. The molecular weight excluding hydrogens is 332 g/mol. The second kappa shape index (κ2) is 8.98. The van der Waals surface area contributed by atoms with E-state index in [-0.39, 0.29) is 17.9 Å². The Morgan fingerprint density at radius 1 is 1.12 bits per heavy atom. The first-order chi connectivity index (χ1) is 12.7. The Morgan fingerprint density at radius 3 is 2.42 bits per heavy atom. The first kappa shape index (κ1) is 18.6. The molecule has 2 saturated heterocycles. The van der Waals surface area contributed by atoms with Crippen molar-refractivity contribution in [2.75, 3.05) is 45.9 Å². The smallest absolute Gasteiger partial charge is 0.409 e. The van der Waals surface area contributed by atoms with Gasteiger partial charge in [0.05, 0.1) is 6.61 Å². The molecule has 1 aromatic rings. The Labute approximate surface area is 154 Å². The van der Waals surface area contributed by atoms with Crippen molar-refractivity contribution in [1.82, 2.24) is 19.7 Å². The molecule has 0 aliphatic carbocycles. The topological polar surface area (TPSA) is 66.0 Å². The van der Waals surface area contributed by atoms with Crippen LogP contribution in [0.4, 0.5) is 4.79 Å². The zero-order valence-electron chi connectivity index (χ0n) is 15.5. The average molecular weight is 360 g/mol. The standard InChI is InChI=1S/C19H28N4O3/c1-2-26-19(25)23-12-10-22(11-13-23)18(24)17-5-8-21(9-6-17)15-16-4-3-7-20-14-16/h3-4,7,14,17H,2,5-6,8-13,15H2,1H3. The van der Waals surface area contributed by atoms with Gasteiger partial charge >= 0.3 is 6.09 Å². The van der Waals surface area contributed by atoms with Gasteiger partial charge in [-0.25, -0.2) is 4.79 Å². The second-order valence-electron chi connectivity index (χ2n) is 6.92. The van der Waals surface area contributed by atoms with Crippen LogP contribution in [-0.4, -0.2) is 77.6 Å². The van der Waals surface area contributed by atoms with Crippen LogP contribution in [0.25, 0.3) is 0 Å². The lowest BCUT2D eigenvalue weighted by Crippen LogP contribution is -2.53. The molecule has 0 atom stereocenters. The molecule has 0 saturated carbocycles. The molecule has 2 aliphatic heterocycles. The van der Waals surface area contributed by atoms with Crippen molar-refractivity contribution in [2.45, 2.75) is 26.3 Å². The van der Waals surface area contributed by atoms with Crippen LogP contribution in [0.2, 0.25) is 0 Å². The molecular formula is C19H28N4O3. The first-order valence-electron chi connectivity index (χ1n) is 9.49. The average Bonchev–Trinajstić information content (AvgIpc) is 2.69. The van der Waals surface area contributed by atoms with Crippen LogP contribution >= 0.6 is 0 Å². The van der Waals surface area contributed by atoms with Crippen molar-refractivity contribution in [3.63, 3.8) is 0 Å². The summed E-state index contributed by atoms with van der Waals surface area (Å²) in [7, 11) is 0. The molecule has 2 fully saturated rings. The summed E-state index contributed by atoms with van der Waals surface area (Å²) in [5, 5.41) is 0. The number of carbonyl (C=O) groups is 2. The molecule has 7 nitrogen and oxygen atoms in total. The summed E-state index contributed by atoms with van der Waals surface area (Å²) in [5.41, 5.74) is 1.22. The van der Waals surface area contributed by atoms with Crippen LogP contribution in [-0.2, 0) is 16.1 Å². The van der Waals surface area contributed by atoms with E-state index in [9.17, 15) is 9.59 Å². The van der Waals surface area contributed by atoms with Gasteiger partial charge in [-0.05, 0) is 44.5 Å². The number of amides is 2. The molecule has 0 spiro atoms. The van der Waals surface area contributed by atoms with Crippen molar-refractivity contribution in [3.8, 4) is 0 Å². The summed E-state index contributed by atoms with van der Waals surface area (Å²) in [6.07, 6.45) is 5.22. The highest BCUT2D eigenvalue weighted by Gasteiger charge is 2.31. The van der Waals surface area contributed by atoms with Crippen molar-refractivity contribution in [2.24, 2.45) is 5.92 Å². The van der Waals surface area contributed by atoms with Crippen LogP contribution in [0.15, 0.2) is 24.5 Å². The lowest BCUT2D eigenvalue weighted by atomic mass is 9.94. The zero-order chi connectivity index (χ0) is 18.4. The SMILES string of the molecule is CCOC(=O)N1CCN(C(=O)C2CCN(Cc3cccnc3)CC2)CC1. The highest BCUT2D eigenvalue weighted by atomic mass is 16.6. The highest BCUT2D eigenvalue weighted by Crippen LogP contribution is 2.22. The van der Waals surface area contributed by atoms with E-state index in [1.807, 2.05) is 17.2 Å². The summed E-state index contributed by atoms with van der Waals surface area (Å²) in [4.78, 5) is 34.7. The number of aromatic nitrogens is 1. The van der Waals surface area contributed by atoms with Crippen molar-refractivity contribution in [1.29, 1.82) is 0 Å². The van der Waals surface area contributed by atoms with Gasteiger partial charge in [-0.2, -0.15) is 0 Å². The zero-order valence-corrected chi connectivity index (χ0v) is 15.5. The number of pyridine rings is 1. The van der Waals surface area contributed by atoms with Gasteiger partial charge in [0.15, 0.2) is 0 Å². The van der Waals surface area contributed by atoms with E-state index in [1.165, 1.54) is 5.56 Å². The van der Waals surface area contributed by atoms with E-state index < -0.39 is 0 Å². The van der Waals surface area contributed by atoms with Gasteiger partial charge in [-0.15, -0.1) is 0 Å². The molecule has 3 rings (SSSR count). The normalized spacial score (nSPS) is 19.4. The number of likely N-dealkylation sites (tertiary alicyclic amines) is 1. The number of piperazine rings is 1. The molecule has 0 bridgehead atoms. The Morgan fingerprint density at radius 2 is 1.81 bits per heavy atom. The Hall–Kier alpha value is -2.15. The third kappa shape index (κ3) is 4.72. The van der Waals surface area contributed by atoms with Crippen LogP contribution in [0.5, 0.6) is 0 Å². The van der Waals surface area contributed by atoms with E-state index >= 15 is 0 Å². The predicted molar refractivity (Wildman–Crippen MR) is 97.4 cm³/mol. The Bertz CT molecular complexity index is 594. The molecule has 0 radical (unpaired) electrons. The van der Waals surface area contributed by atoms with Gasteiger partial charge in [0.1, 0.15) is 0 Å². The lowest BCUT2D eigenvalue weighted by molar-refractivity contribution is -0.138. The number of nitrogens with zero attached hydrogens (tertiary/aromatic N) is 4. The van der Waals surface area contributed by atoms with Gasteiger partial charge in [-0.1, -0.05) is 6.07 Å². The molecule has 2 amide bonds. The quantitative estimate of drug-likeness (QED) is 0.816. The minimum atomic E-state index is -0.275. The minimum Gasteiger partial charge on any atom is -0.450 e. The van der Waals surface area contributed by atoms with Crippen molar-refractivity contribution < 1.29 is 14.3 Å². The molecule has 0 N–H and O–H groups in total. The maximum Gasteiger partial charge on any atom is 0.409 e. The molecule has 26 heavy (non-hydrogen) atoms. The third-order valence-corrected chi connectivity index (χ3v) is 5.18. The number of ether oxygens (including phenoxy) is 1. The fraction of sp³-hybridized carbons (Fsp3) is 0.632. The van der Waals surface area contributed by atoms with E-state index in [4.69, 9.17) is 4.74 Å². The summed E-state index contributed by atoms with van der Waals surface area (Å²) in [6, 6.07) is 4.05. The summed E-state index contributed by atoms with van der Waals surface area (Å²) < 4.78 is 5.03. The van der Waals surface area contributed by atoms with E-state index in [0.29, 0.717) is 32.8 Å². The number of carbonyl (C=O) groups excluding carboxylic acids is 2. The van der Waals surface area contributed by atoms with Crippen LogP contribution < -0.4 is 0 Å². The van der Waals surface area contributed by atoms with Crippen LogP contribution in [0.1, 0.15) is 25.3 Å². The molecule has 3 heterocycles. The first-order valence-corrected chi connectivity index (χ1v) is 9.49. The summed E-state index contributed by atoms with van der Waals surface area (Å²) in [6.45, 7) is 7.29. The summed E-state index contributed by atoms with van der Waals surface area (Å²) >= 11 is 0. The van der Waals surface area contributed by atoms with Crippen molar-refractivity contribution in [3.05, 3.63) is 30.1 Å². The summed E-state index contributed by atoms with van der Waals surface area (Å²) in [5.74, 6) is 0.351. The number of piperidine rings is 1. The number of rotatable bonds is 4. The highest BCUT2D eigenvalue weighted by molar-refractivity contribution is 5.79. The largest absolute Gasteiger partial charge is 0.450 e. The Balaban J connectivity index is 1.42. The van der Waals surface area contributed by atoms with Gasteiger partial charge in [-0.3, -0.25) is 14.7 Å². The van der Waals surface area contributed by atoms with E-state index in [2.05, 4.69) is 16.0 Å². The van der Waals surface area contributed by atoms with Gasteiger partial charge in [0.2, 0.25) is 5.91 Å². The lowest BCUT2D eigenvalue weighted by Gasteiger charge is -2.38. The van der Waals surface area contributed by atoms with Gasteiger partial charge in [0.25, 0.3) is 0 Å².